The van der Waals surface area contributed by atoms with Gasteiger partial charge in [0.05, 0.1) is 0 Å². The van der Waals surface area contributed by atoms with E-state index < -0.39 is 22.4 Å². The molecule has 1 unspecified atom stereocenters. The Kier molecular flexibility index (Phi) is 5.21. The number of rotatable bonds is 3. The van der Waals surface area contributed by atoms with Crippen LogP contribution in [0.25, 0.3) is 0 Å². The van der Waals surface area contributed by atoms with Gasteiger partial charge in [0.2, 0.25) is 0 Å². The van der Waals surface area contributed by atoms with Gasteiger partial charge in [-0.1, -0.05) is 17.7 Å². The summed E-state index contributed by atoms with van der Waals surface area (Å²) in [5, 5.41) is 14.1. The number of carboxylic acid groups (broad SMARTS) is 1. The van der Waals surface area contributed by atoms with Gasteiger partial charge in [0.1, 0.15) is 12.1 Å². The number of benzene rings is 1. The van der Waals surface area contributed by atoms with Gasteiger partial charge in [-0.2, -0.15) is 13.6 Å². The Hall–Kier alpha value is -1.95. The van der Waals surface area contributed by atoms with Crippen molar-refractivity contribution in [2.75, 3.05) is 4.90 Å². The van der Waals surface area contributed by atoms with Gasteiger partial charge in [-0.25, -0.2) is 4.79 Å². The fourth-order valence-corrected chi connectivity index (χ4v) is 1.71. The summed E-state index contributed by atoms with van der Waals surface area (Å²) in [5.41, 5.74) is 0.294. The highest BCUT2D eigenvalue weighted by molar-refractivity contribution is 7.84. The Morgan fingerprint density at radius 3 is 2.70 bits per heavy atom. The number of amides is 1. The molecule has 0 bridgehead atoms. The summed E-state index contributed by atoms with van der Waals surface area (Å²) in [6, 6.07) is 5.26. The van der Waals surface area contributed by atoms with Crippen LogP contribution in [0.2, 0.25) is 5.02 Å². The van der Waals surface area contributed by atoms with Crippen LogP contribution in [0, 0.1) is 12.0 Å². The van der Waals surface area contributed by atoms with Crippen LogP contribution in [-0.4, -0.2) is 25.7 Å². The highest BCUT2D eigenvalue weighted by Crippen LogP contribution is 2.21. The second kappa shape index (κ2) is 6.47. The molecule has 0 aliphatic heterocycles. The third-order valence-corrected chi connectivity index (χ3v) is 2.66. The first-order valence-electron chi connectivity index (χ1n) is 5.20. The Labute approximate surface area is 121 Å². The zero-order chi connectivity index (χ0) is 15.3. The number of hydrogen-bond donors (Lipinski definition) is 2. The van der Waals surface area contributed by atoms with Gasteiger partial charge in [0, 0.05) is 10.7 Å². The van der Waals surface area contributed by atoms with Crippen LogP contribution in [0.15, 0.2) is 24.3 Å². The lowest BCUT2D eigenvalue weighted by molar-refractivity contribution is 0.201. The van der Waals surface area contributed by atoms with E-state index in [-0.39, 0.29) is 0 Å². The standard InChI is InChI=1S/C11H11ClN2O5S/c1-8(5-6-19-20(13,17)18)14(11(15)16)10-4-2-3-9(12)7-10/h2-4,7-8H,1H3,(H,15,16)(H2,13,17,18). The Morgan fingerprint density at radius 1 is 1.55 bits per heavy atom. The van der Waals surface area contributed by atoms with E-state index in [1.165, 1.54) is 19.1 Å². The van der Waals surface area contributed by atoms with E-state index in [0.717, 1.165) is 4.90 Å². The minimum Gasteiger partial charge on any atom is -0.465 e. The second-order valence-electron chi connectivity index (χ2n) is 3.63. The summed E-state index contributed by atoms with van der Waals surface area (Å²) in [6.07, 6.45) is 0.570. The Balaban J connectivity index is 3.00. The zero-order valence-corrected chi connectivity index (χ0v) is 11.9. The lowest BCUT2D eigenvalue weighted by Crippen LogP contribution is -2.36. The van der Waals surface area contributed by atoms with Crippen molar-refractivity contribution >= 4 is 33.7 Å². The molecule has 1 aromatic rings. The summed E-state index contributed by atoms with van der Waals surface area (Å²) in [5.74, 6) is 2.31. The first kappa shape index (κ1) is 16.1. The number of anilines is 1. The van der Waals surface area contributed by atoms with E-state index >= 15 is 0 Å². The van der Waals surface area contributed by atoms with Crippen molar-refractivity contribution in [2.45, 2.75) is 13.0 Å². The predicted molar refractivity (Wildman–Crippen MR) is 73.4 cm³/mol. The second-order valence-corrected chi connectivity index (χ2v) is 5.22. The molecule has 9 heteroatoms. The van der Waals surface area contributed by atoms with Crippen LogP contribution in [0.3, 0.4) is 0 Å². The molecule has 20 heavy (non-hydrogen) atoms. The molecule has 1 amide bonds. The third kappa shape index (κ3) is 4.97. The quantitative estimate of drug-likeness (QED) is 0.818. The molecule has 0 aliphatic rings. The summed E-state index contributed by atoms with van der Waals surface area (Å²) in [7, 11) is -4.20. The molecule has 1 rings (SSSR count). The molecule has 0 aliphatic carbocycles. The number of nitrogens with zero attached hydrogens (tertiary/aromatic N) is 1. The third-order valence-electron chi connectivity index (χ3n) is 2.11. The fraction of sp³-hybridized carbons (Fsp3) is 0.182. The Bertz CT molecular complexity index is 665. The van der Waals surface area contributed by atoms with Crippen molar-refractivity contribution in [1.29, 1.82) is 0 Å². The first-order chi connectivity index (χ1) is 9.20. The summed E-state index contributed by atoms with van der Waals surface area (Å²) >= 11 is 5.79. The number of hydrogen-bond acceptors (Lipinski definition) is 4. The van der Waals surface area contributed by atoms with Gasteiger partial charge in [0.15, 0.2) is 0 Å². The van der Waals surface area contributed by atoms with E-state index in [0.29, 0.717) is 10.7 Å². The van der Waals surface area contributed by atoms with Gasteiger partial charge < -0.3 is 9.29 Å². The normalized spacial score (nSPS) is 11.9. The molecule has 0 fully saturated rings. The van der Waals surface area contributed by atoms with Gasteiger partial charge in [-0.3, -0.25) is 4.90 Å². The van der Waals surface area contributed by atoms with Gasteiger partial charge in [-0.05, 0) is 31.0 Å². The predicted octanol–water partition coefficient (Wildman–Crippen LogP) is 1.39. The van der Waals surface area contributed by atoms with Gasteiger partial charge in [-0.15, -0.1) is 0 Å². The van der Waals surface area contributed by atoms with Gasteiger partial charge >= 0.3 is 16.4 Å². The lowest BCUT2D eigenvalue weighted by Gasteiger charge is -2.22. The molecular weight excluding hydrogens is 308 g/mol. The van der Waals surface area contributed by atoms with Crippen LogP contribution >= 0.6 is 11.6 Å². The molecule has 0 aromatic heterocycles. The van der Waals surface area contributed by atoms with Crippen LogP contribution in [0.5, 0.6) is 0 Å². The van der Waals surface area contributed by atoms with Crippen LogP contribution in [0.4, 0.5) is 10.5 Å². The van der Waals surface area contributed by atoms with Crippen molar-refractivity contribution in [1.82, 2.24) is 0 Å². The molecule has 1 atom stereocenters. The lowest BCUT2D eigenvalue weighted by atomic mass is 10.2. The van der Waals surface area contributed by atoms with Crippen molar-refractivity contribution in [3.8, 4) is 12.0 Å². The number of carbonyl (C=O) groups is 1. The van der Waals surface area contributed by atoms with Gasteiger partial charge in [0.25, 0.3) is 0 Å². The maximum atomic E-state index is 11.2. The molecule has 3 N–H and O–H groups in total. The smallest absolute Gasteiger partial charge is 0.412 e. The summed E-state index contributed by atoms with van der Waals surface area (Å²) < 4.78 is 25.1. The molecule has 7 nitrogen and oxygen atoms in total. The monoisotopic (exact) mass is 318 g/mol. The average Bonchev–Trinajstić information content (AvgIpc) is 2.26. The minimum absolute atomic E-state index is 0.294. The summed E-state index contributed by atoms with van der Waals surface area (Å²) in [4.78, 5) is 12.2. The van der Waals surface area contributed by atoms with E-state index in [1.54, 1.807) is 12.1 Å². The number of nitrogens with two attached hydrogens (primary N) is 1. The number of halogens is 1. The molecule has 0 spiro atoms. The SMILES string of the molecule is CC(C#COS(N)(=O)=O)N(C(=O)O)c1cccc(Cl)c1. The van der Waals surface area contributed by atoms with E-state index in [1.807, 2.05) is 6.11 Å². The van der Waals surface area contributed by atoms with E-state index in [9.17, 15) is 18.3 Å². The largest absolute Gasteiger partial charge is 0.465 e. The molecule has 0 saturated carbocycles. The maximum Gasteiger partial charge on any atom is 0.412 e. The van der Waals surface area contributed by atoms with Crippen molar-refractivity contribution < 1.29 is 22.5 Å². The van der Waals surface area contributed by atoms with Crippen molar-refractivity contribution in [3.05, 3.63) is 29.3 Å². The molecule has 0 heterocycles. The topological polar surface area (TPSA) is 110 Å². The van der Waals surface area contributed by atoms with Crippen molar-refractivity contribution in [2.24, 2.45) is 5.14 Å². The van der Waals surface area contributed by atoms with E-state index in [4.69, 9.17) is 11.6 Å². The van der Waals surface area contributed by atoms with Crippen LogP contribution < -0.4 is 10.0 Å². The molecule has 0 saturated heterocycles. The van der Waals surface area contributed by atoms with Crippen LogP contribution in [-0.2, 0) is 14.5 Å². The maximum absolute atomic E-state index is 11.2. The van der Waals surface area contributed by atoms with E-state index in [2.05, 4.69) is 15.2 Å². The average molecular weight is 319 g/mol. The highest BCUT2D eigenvalue weighted by Gasteiger charge is 2.20. The first-order valence-corrected chi connectivity index (χ1v) is 7.05. The molecule has 108 valence electrons. The molecular formula is C11H11ClN2O5S. The Morgan fingerprint density at radius 2 is 2.20 bits per heavy atom. The zero-order valence-electron chi connectivity index (χ0n) is 10.3. The highest BCUT2D eigenvalue weighted by atomic mass is 35.5. The summed E-state index contributed by atoms with van der Waals surface area (Å²) in [6.45, 7) is 1.45. The van der Waals surface area contributed by atoms with Crippen LogP contribution in [0.1, 0.15) is 6.92 Å². The minimum atomic E-state index is -4.20. The molecule has 0 radical (unpaired) electrons. The van der Waals surface area contributed by atoms with Crippen molar-refractivity contribution in [3.63, 3.8) is 0 Å². The molecule has 1 aromatic carbocycles. The fourth-order valence-electron chi connectivity index (χ4n) is 1.36.